The van der Waals surface area contributed by atoms with E-state index >= 15 is 0 Å². The Labute approximate surface area is 229 Å². The third kappa shape index (κ3) is 7.35. The van der Waals surface area contributed by atoms with Crippen molar-refractivity contribution in [2.24, 2.45) is 0 Å². The maximum absolute atomic E-state index is 13.3. The molecule has 0 aliphatic rings. The molecule has 1 atom stereocenters. The molecule has 190 valence electrons. The predicted molar refractivity (Wildman–Crippen MR) is 153 cm³/mol. The van der Waals surface area contributed by atoms with Crippen LogP contribution in [0.4, 0.5) is 11.4 Å². The van der Waals surface area contributed by atoms with Gasteiger partial charge in [-0.15, -0.1) is 11.8 Å². The van der Waals surface area contributed by atoms with Crippen LogP contribution in [0.25, 0.3) is 6.08 Å². The molecule has 0 aliphatic carbocycles. The molecule has 0 aliphatic heterocycles. The number of anilines is 2. The minimum atomic E-state index is -1.18. The second-order valence-electron chi connectivity index (χ2n) is 8.16. The normalized spacial score (nSPS) is 11.6. The van der Waals surface area contributed by atoms with Gasteiger partial charge >= 0.3 is 5.97 Å². The van der Waals surface area contributed by atoms with Gasteiger partial charge in [0.25, 0.3) is 0 Å². The first kappa shape index (κ1) is 26.7. The lowest BCUT2D eigenvalue weighted by molar-refractivity contribution is -0.116. The largest absolute Gasteiger partial charge is 0.478 e. The van der Waals surface area contributed by atoms with Gasteiger partial charge in [-0.05, 0) is 59.7 Å². The molecule has 2 amide bonds. The van der Waals surface area contributed by atoms with E-state index in [-0.39, 0.29) is 22.4 Å². The van der Waals surface area contributed by atoms with Crippen molar-refractivity contribution >= 4 is 58.6 Å². The molecule has 8 heteroatoms. The fraction of sp³-hybridized carbons (Fsp3) is 0.0333. The van der Waals surface area contributed by atoms with Crippen molar-refractivity contribution in [3.63, 3.8) is 0 Å². The zero-order chi connectivity index (χ0) is 26.9. The molecule has 3 N–H and O–H groups in total. The van der Waals surface area contributed by atoms with Gasteiger partial charge in [-0.25, -0.2) is 4.79 Å². The van der Waals surface area contributed by atoms with Crippen LogP contribution in [0, 0.1) is 0 Å². The fourth-order valence-electron chi connectivity index (χ4n) is 3.55. The lowest BCUT2D eigenvalue weighted by Crippen LogP contribution is -2.19. The summed E-state index contributed by atoms with van der Waals surface area (Å²) in [6, 6.07) is 30.3. The Kier molecular flexibility index (Phi) is 8.98. The highest BCUT2D eigenvalue weighted by atomic mass is 35.5. The number of carboxylic acids is 1. The van der Waals surface area contributed by atoms with Gasteiger partial charge < -0.3 is 15.7 Å². The van der Waals surface area contributed by atoms with E-state index in [0.717, 1.165) is 16.0 Å². The van der Waals surface area contributed by atoms with E-state index in [1.54, 1.807) is 24.3 Å². The number of rotatable bonds is 9. The van der Waals surface area contributed by atoms with Gasteiger partial charge in [0.05, 0.1) is 10.6 Å². The Morgan fingerprint density at radius 3 is 2.08 bits per heavy atom. The van der Waals surface area contributed by atoms with Crippen LogP contribution in [-0.2, 0) is 9.59 Å². The Morgan fingerprint density at radius 1 is 0.789 bits per heavy atom. The number of benzene rings is 4. The summed E-state index contributed by atoms with van der Waals surface area (Å²) in [4.78, 5) is 37.8. The molecule has 0 saturated carbocycles. The number of aromatic carboxylic acids is 1. The van der Waals surface area contributed by atoms with Crippen LogP contribution in [0.3, 0.4) is 0 Å². The average Bonchev–Trinajstić information content (AvgIpc) is 2.93. The smallest absolute Gasteiger partial charge is 0.337 e. The maximum atomic E-state index is 13.3. The highest BCUT2D eigenvalue weighted by Gasteiger charge is 2.23. The number of hydrogen-bond acceptors (Lipinski definition) is 4. The molecular weight excluding hydrogens is 520 g/mol. The van der Waals surface area contributed by atoms with Gasteiger partial charge in [0.1, 0.15) is 5.25 Å². The van der Waals surface area contributed by atoms with Crippen molar-refractivity contribution in [2.45, 2.75) is 10.1 Å². The lowest BCUT2D eigenvalue weighted by atomic mass is 10.1. The standard InChI is InChI=1S/C30H23ClN2O4S/c31-26-17-14-23(19-25(26)30(36)37)33-29(35)28(21-9-5-2-6-10-21)38-24-15-12-22(13-16-24)32-27(34)18-11-20-7-3-1-4-8-20/h1-19,28H,(H,32,34)(H,33,35)(H,36,37)/b18-11+. The van der Waals surface area contributed by atoms with Crippen LogP contribution >= 0.6 is 23.4 Å². The molecule has 0 saturated heterocycles. The summed E-state index contributed by atoms with van der Waals surface area (Å²) < 4.78 is 0. The minimum absolute atomic E-state index is 0.0900. The van der Waals surface area contributed by atoms with E-state index in [2.05, 4.69) is 10.6 Å². The number of thioether (sulfide) groups is 1. The van der Waals surface area contributed by atoms with E-state index < -0.39 is 11.2 Å². The number of carboxylic acid groups (broad SMARTS) is 1. The molecular formula is C30H23ClN2O4S. The van der Waals surface area contributed by atoms with Crippen molar-refractivity contribution in [2.75, 3.05) is 10.6 Å². The van der Waals surface area contributed by atoms with E-state index in [0.29, 0.717) is 11.4 Å². The van der Waals surface area contributed by atoms with Crippen LogP contribution in [0.1, 0.15) is 26.7 Å². The fourth-order valence-corrected chi connectivity index (χ4v) is 4.77. The molecule has 0 fully saturated rings. The quantitative estimate of drug-likeness (QED) is 0.154. The minimum Gasteiger partial charge on any atom is -0.478 e. The zero-order valence-electron chi connectivity index (χ0n) is 20.0. The Bertz CT molecular complexity index is 1460. The average molecular weight is 543 g/mol. The van der Waals surface area contributed by atoms with Crippen molar-refractivity contribution in [3.8, 4) is 0 Å². The second kappa shape index (κ2) is 12.8. The third-order valence-electron chi connectivity index (χ3n) is 5.41. The van der Waals surface area contributed by atoms with Crippen LogP contribution in [-0.4, -0.2) is 22.9 Å². The third-order valence-corrected chi connectivity index (χ3v) is 7.00. The Balaban J connectivity index is 1.46. The number of amides is 2. The van der Waals surface area contributed by atoms with Crippen LogP contribution in [0.5, 0.6) is 0 Å². The van der Waals surface area contributed by atoms with Gasteiger partial charge in [0.2, 0.25) is 11.8 Å². The number of nitrogens with one attached hydrogen (secondary N) is 2. The SMILES string of the molecule is O=C(/C=C/c1ccccc1)Nc1ccc(SC(C(=O)Nc2ccc(Cl)c(C(=O)O)c2)c2ccccc2)cc1. The van der Waals surface area contributed by atoms with Crippen LogP contribution in [0.2, 0.25) is 5.02 Å². The van der Waals surface area contributed by atoms with Crippen molar-refractivity contribution in [1.29, 1.82) is 0 Å². The van der Waals surface area contributed by atoms with Gasteiger partial charge in [-0.1, -0.05) is 72.3 Å². The first-order valence-corrected chi connectivity index (χ1v) is 12.8. The Hall–Kier alpha value is -4.33. The molecule has 38 heavy (non-hydrogen) atoms. The summed E-state index contributed by atoms with van der Waals surface area (Å²) in [5, 5.41) is 14.4. The van der Waals surface area contributed by atoms with E-state index in [9.17, 15) is 19.5 Å². The number of hydrogen-bond donors (Lipinski definition) is 3. The molecule has 0 heterocycles. The molecule has 4 aromatic carbocycles. The number of carbonyl (C=O) groups is 3. The summed E-state index contributed by atoms with van der Waals surface area (Å²) in [6.07, 6.45) is 3.21. The highest BCUT2D eigenvalue weighted by Crippen LogP contribution is 2.37. The summed E-state index contributed by atoms with van der Waals surface area (Å²) in [6.45, 7) is 0. The molecule has 0 aromatic heterocycles. The van der Waals surface area contributed by atoms with Crippen molar-refractivity contribution in [1.82, 2.24) is 0 Å². The van der Waals surface area contributed by atoms with Gasteiger partial charge in [-0.2, -0.15) is 0 Å². The van der Waals surface area contributed by atoms with E-state index in [4.69, 9.17) is 11.6 Å². The molecule has 6 nitrogen and oxygen atoms in total. The van der Waals surface area contributed by atoms with Gasteiger partial charge in [0, 0.05) is 22.3 Å². The summed E-state index contributed by atoms with van der Waals surface area (Å²) in [5.74, 6) is -1.74. The first-order chi connectivity index (χ1) is 18.4. The van der Waals surface area contributed by atoms with E-state index in [1.165, 1.54) is 30.0 Å². The van der Waals surface area contributed by atoms with Gasteiger partial charge in [-0.3, -0.25) is 9.59 Å². The molecule has 4 rings (SSSR count). The highest BCUT2D eigenvalue weighted by molar-refractivity contribution is 8.00. The van der Waals surface area contributed by atoms with Gasteiger partial charge in [0.15, 0.2) is 0 Å². The predicted octanol–water partition coefficient (Wildman–Crippen LogP) is 7.16. The Morgan fingerprint density at radius 2 is 1.42 bits per heavy atom. The van der Waals surface area contributed by atoms with E-state index in [1.807, 2.05) is 72.8 Å². The van der Waals surface area contributed by atoms with Crippen LogP contribution in [0.15, 0.2) is 114 Å². The summed E-state index contributed by atoms with van der Waals surface area (Å²) in [7, 11) is 0. The molecule has 4 aromatic rings. The second-order valence-corrected chi connectivity index (χ2v) is 9.74. The topological polar surface area (TPSA) is 95.5 Å². The molecule has 1 unspecified atom stereocenters. The summed E-state index contributed by atoms with van der Waals surface area (Å²) in [5.41, 5.74) is 2.58. The number of halogens is 1. The first-order valence-electron chi connectivity index (χ1n) is 11.6. The molecule has 0 bridgehead atoms. The summed E-state index contributed by atoms with van der Waals surface area (Å²) >= 11 is 7.29. The number of carbonyl (C=O) groups excluding carboxylic acids is 2. The lowest BCUT2D eigenvalue weighted by Gasteiger charge is -2.18. The molecule has 0 spiro atoms. The van der Waals surface area contributed by atoms with Crippen molar-refractivity contribution in [3.05, 3.63) is 131 Å². The van der Waals surface area contributed by atoms with Crippen LogP contribution < -0.4 is 10.6 Å². The zero-order valence-corrected chi connectivity index (χ0v) is 21.6. The molecule has 0 radical (unpaired) electrons. The van der Waals surface area contributed by atoms with Crippen molar-refractivity contribution < 1.29 is 19.5 Å². The maximum Gasteiger partial charge on any atom is 0.337 e. The monoisotopic (exact) mass is 542 g/mol.